The van der Waals surface area contributed by atoms with Crippen molar-refractivity contribution in [1.29, 1.82) is 0 Å². The number of hydrogen-bond acceptors (Lipinski definition) is 2. The number of cyclic esters (lactones) is 1. The van der Waals surface area contributed by atoms with Gasteiger partial charge in [-0.15, -0.1) is 0 Å². The van der Waals surface area contributed by atoms with Gasteiger partial charge in [0.2, 0.25) is 0 Å². The molecular weight excluding hydrogens is 365 g/mol. The summed E-state index contributed by atoms with van der Waals surface area (Å²) in [6, 6.07) is 10.7. The van der Waals surface area contributed by atoms with Crippen LogP contribution >= 0.6 is 0 Å². The van der Waals surface area contributed by atoms with E-state index in [0.717, 1.165) is 23.4 Å². The number of H-pyrrole nitrogens is 1. The van der Waals surface area contributed by atoms with Crippen molar-refractivity contribution in [3.05, 3.63) is 54.0 Å². The number of aromatic nitrogens is 1. The number of benzene rings is 1. The maximum Gasteiger partial charge on any atom is 0.309 e. The summed E-state index contributed by atoms with van der Waals surface area (Å²) in [7, 11) is 0. The molecular formula is C25H28FNO2. The Hall–Kier alpha value is -2.36. The first-order chi connectivity index (χ1) is 14.1. The van der Waals surface area contributed by atoms with Crippen LogP contribution in [0.15, 0.2) is 42.5 Å². The molecule has 2 aliphatic carbocycles. The van der Waals surface area contributed by atoms with Crippen LogP contribution in [0, 0.1) is 35.4 Å². The molecule has 152 valence electrons. The number of halogens is 1. The summed E-state index contributed by atoms with van der Waals surface area (Å²) in [6.45, 7) is 2.06. The third-order valence-electron chi connectivity index (χ3n) is 7.42. The quantitative estimate of drug-likeness (QED) is 0.666. The fraction of sp³-hybridized carbons (Fsp3) is 0.480. The predicted octanol–water partition coefficient (Wildman–Crippen LogP) is 5.84. The maximum absolute atomic E-state index is 13.5. The molecule has 0 bridgehead atoms. The number of allylic oxidation sites excluding steroid dienone is 1. The monoisotopic (exact) mass is 393 g/mol. The van der Waals surface area contributed by atoms with E-state index in [2.05, 4.69) is 24.1 Å². The van der Waals surface area contributed by atoms with Gasteiger partial charge in [-0.25, -0.2) is 4.39 Å². The summed E-state index contributed by atoms with van der Waals surface area (Å²) in [5.41, 5.74) is 2.77. The van der Waals surface area contributed by atoms with Gasteiger partial charge in [-0.1, -0.05) is 37.5 Å². The second kappa shape index (κ2) is 7.47. The fourth-order valence-corrected chi connectivity index (χ4v) is 6.13. The SMILES string of the molecule is C[C@H]1OC(=O)[C@@H]2CC3CCCCC3[C@H](/C=C/c3ccc(-c4cccc(F)c4)[nH]3)[C@H]12. The van der Waals surface area contributed by atoms with E-state index in [1.165, 1.54) is 31.7 Å². The van der Waals surface area contributed by atoms with E-state index in [9.17, 15) is 9.18 Å². The third kappa shape index (κ3) is 3.43. The lowest BCUT2D eigenvalue weighted by molar-refractivity contribution is -0.144. The zero-order valence-corrected chi connectivity index (χ0v) is 16.8. The van der Waals surface area contributed by atoms with Gasteiger partial charge in [-0.05, 0) is 67.9 Å². The summed E-state index contributed by atoms with van der Waals surface area (Å²) in [5.74, 6) is 1.80. The van der Waals surface area contributed by atoms with Gasteiger partial charge in [-0.3, -0.25) is 4.79 Å². The Balaban J connectivity index is 1.41. The number of fused-ring (bicyclic) bond motifs is 2. The lowest BCUT2D eigenvalue weighted by Gasteiger charge is -2.45. The first-order valence-electron chi connectivity index (χ1n) is 10.9. The normalized spacial score (nSPS) is 34.1. The molecule has 29 heavy (non-hydrogen) atoms. The van der Waals surface area contributed by atoms with Gasteiger partial charge in [0.05, 0.1) is 5.92 Å². The summed E-state index contributed by atoms with van der Waals surface area (Å²) >= 11 is 0. The molecule has 0 amide bonds. The number of nitrogens with one attached hydrogen (secondary N) is 1. The molecule has 2 unspecified atom stereocenters. The van der Waals surface area contributed by atoms with Crippen LogP contribution in [0.5, 0.6) is 0 Å². The summed E-state index contributed by atoms with van der Waals surface area (Å²) < 4.78 is 19.2. The van der Waals surface area contributed by atoms with Crippen LogP contribution in [0.3, 0.4) is 0 Å². The topological polar surface area (TPSA) is 42.1 Å². The van der Waals surface area contributed by atoms with Gasteiger partial charge in [0.25, 0.3) is 0 Å². The molecule has 1 aliphatic heterocycles. The third-order valence-corrected chi connectivity index (χ3v) is 7.42. The minimum absolute atomic E-state index is 0.00322. The van der Waals surface area contributed by atoms with Crippen molar-refractivity contribution >= 4 is 12.0 Å². The fourth-order valence-electron chi connectivity index (χ4n) is 6.13. The van der Waals surface area contributed by atoms with Gasteiger partial charge in [0.15, 0.2) is 0 Å². The van der Waals surface area contributed by atoms with E-state index in [0.29, 0.717) is 17.8 Å². The summed E-state index contributed by atoms with van der Waals surface area (Å²) in [4.78, 5) is 15.8. The molecule has 2 aromatic rings. The molecule has 1 saturated heterocycles. The average molecular weight is 394 g/mol. The van der Waals surface area contributed by atoms with Crippen LogP contribution in [0.1, 0.15) is 44.7 Å². The zero-order chi connectivity index (χ0) is 20.0. The van der Waals surface area contributed by atoms with Crippen molar-refractivity contribution in [3.63, 3.8) is 0 Å². The molecule has 1 N–H and O–H groups in total. The molecule has 1 aromatic carbocycles. The standard InChI is InChI=1S/C25H28FNO2/c1-15-24-21(20-8-3-2-5-16(20)14-22(24)25(28)29-15)11-9-19-10-12-23(27-19)17-6-4-7-18(26)13-17/h4,6-7,9-13,15-16,20-22,24,27H,2-3,5,8,14H2,1H3/b11-9+/t15-,16?,20?,21+,22-,24+/m1/s1. The van der Waals surface area contributed by atoms with E-state index in [1.807, 2.05) is 18.2 Å². The second-order valence-corrected chi connectivity index (χ2v) is 9.04. The van der Waals surface area contributed by atoms with Crippen LogP contribution < -0.4 is 0 Å². The highest BCUT2D eigenvalue weighted by molar-refractivity contribution is 5.75. The smallest absolute Gasteiger partial charge is 0.309 e. The Morgan fingerprint density at radius 1 is 1.17 bits per heavy atom. The van der Waals surface area contributed by atoms with Crippen molar-refractivity contribution in [2.45, 2.75) is 45.1 Å². The van der Waals surface area contributed by atoms with Gasteiger partial charge in [-0.2, -0.15) is 0 Å². The van der Waals surface area contributed by atoms with Crippen LogP contribution in [0.25, 0.3) is 17.3 Å². The molecule has 5 rings (SSSR count). The van der Waals surface area contributed by atoms with Crippen molar-refractivity contribution < 1.29 is 13.9 Å². The largest absolute Gasteiger partial charge is 0.462 e. The Morgan fingerprint density at radius 2 is 2.03 bits per heavy atom. The van der Waals surface area contributed by atoms with E-state index >= 15 is 0 Å². The van der Waals surface area contributed by atoms with Gasteiger partial charge in [0, 0.05) is 22.9 Å². The summed E-state index contributed by atoms with van der Waals surface area (Å²) in [6.07, 6.45) is 10.5. The maximum atomic E-state index is 13.5. The van der Waals surface area contributed by atoms with Crippen LogP contribution in [0.4, 0.5) is 4.39 Å². The van der Waals surface area contributed by atoms with Crippen LogP contribution in [0.2, 0.25) is 0 Å². The lowest BCUT2D eigenvalue weighted by atomic mass is 9.57. The van der Waals surface area contributed by atoms with E-state index in [-0.39, 0.29) is 29.7 Å². The first-order valence-corrected chi connectivity index (χ1v) is 10.9. The second-order valence-electron chi connectivity index (χ2n) is 9.04. The summed E-state index contributed by atoms with van der Waals surface area (Å²) in [5, 5.41) is 0. The van der Waals surface area contributed by atoms with Gasteiger partial charge >= 0.3 is 5.97 Å². The number of carbonyl (C=O) groups excluding carboxylic acids is 1. The number of hydrogen-bond donors (Lipinski definition) is 1. The van der Waals surface area contributed by atoms with Crippen LogP contribution in [-0.4, -0.2) is 17.1 Å². The molecule has 0 radical (unpaired) electrons. The number of rotatable bonds is 3. The highest BCUT2D eigenvalue weighted by Gasteiger charge is 2.53. The number of ether oxygens (including phenoxy) is 1. The van der Waals surface area contributed by atoms with Crippen molar-refractivity contribution in [2.24, 2.45) is 29.6 Å². The average Bonchev–Trinajstić information content (AvgIpc) is 3.30. The highest BCUT2D eigenvalue weighted by atomic mass is 19.1. The Labute approximate surface area is 171 Å². The Kier molecular flexibility index (Phi) is 4.81. The minimum Gasteiger partial charge on any atom is -0.462 e. The van der Waals surface area contributed by atoms with Crippen molar-refractivity contribution in [2.75, 3.05) is 0 Å². The lowest BCUT2D eigenvalue weighted by Crippen LogP contribution is -2.42. The minimum atomic E-state index is -0.231. The van der Waals surface area contributed by atoms with E-state index in [4.69, 9.17) is 4.74 Å². The van der Waals surface area contributed by atoms with E-state index < -0.39 is 0 Å². The predicted molar refractivity (Wildman–Crippen MR) is 111 cm³/mol. The molecule has 4 heteroatoms. The number of aromatic amines is 1. The molecule has 3 aliphatic rings. The Morgan fingerprint density at radius 3 is 2.90 bits per heavy atom. The van der Waals surface area contributed by atoms with Crippen molar-refractivity contribution in [3.8, 4) is 11.3 Å². The molecule has 6 atom stereocenters. The highest BCUT2D eigenvalue weighted by Crippen LogP contribution is 2.53. The van der Waals surface area contributed by atoms with Crippen molar-refractivity contribution in [1.82, 2.24) is 4.98 Å². The molecule has 2 heterocycles. The molecule has 1 aromatic heterocycles. The van der Waals surface area contributed by atoms with Gasteiger partial charge in [0.1, 0.15) is 11.9 Å². The molecule has 3 fully saturated rings. The van der Waals surface area contributed by atoms with E-state index in [1.54, 1.807) is 12.1 Å². The number of esters is 1. The molecule has 2 saturated carbocycles. The zero-order valence-electron chi connectivity index (χ0n) is 16.8. The van der Waals surface area contributed by atoms with Gasteiger partial charge < -0.3 is 9.72 Å². The molecule has 0 spiro atoms. The first kappa shape index (κ1) is 18.7. The Bertz CT molecular complexity index is 932. The van der Waals surface area contributed by atoms with Crippen LogP contribution in [-0.2, 0) is 9.53 Å². The number of carbonyl (C=O) groups is 1. The molecule has 3 nitrogen and oxygen atoms in total.